The van der Waals surface area contributed by atoms with E-state index in [0.717, 1.165) is 25.8 Å². The third kappa shape index (κ3) is 18.0. The molecule has 0 spiro atoms. The van der Waals surface area contributed by atoms with Crippen LogP contribution in [0.5, 0.6) is 0 Å². The van der Waals surface area contributed by atoms with Gasteiger partial charge in [-0.2, -0.15) is 0 Å². The molecule has 3 heteroatoms. The van der Waals surface area contributed by atoms with Crippen LogP contribution in [0.3, 0.4) is 0 Å². The molecule has 1 unspecified atom stereocenters. The minimum Gasteiger partial charge on any atom is -0.369 e. The standard InChI is InChI=1S/C22H46N2O/c1-4-5-6-7-8-9-10-11-12-13-14-15-16-17-18-21(22(23)25)19-20-24(2)3/h21H,4-20H2,1-3H3,(H2,23,25). The Morgan fingerprint density at radius 1 is 0.720 bits per heavy atom. The number of carbonyl (C=O) groups excluding carboxylic acids is 1. The number of carbonyl (C=O) groups is 1. The molecule has 0 aromatic heterocycles. The molecule has 0 fully saturated rings. The van der Waals surface area contributed by atoms with Gasteiger partial charge < -0.3 is 10.6 Å². The van der Waals surface area contributed by atoms with Crippen molar-refractivity contribution in [3.8, 4) is 0 Å². The average molecular weight is 355 g/mol. The van der Waals surface area contributed by atoms with E-state index in [4.69, 9.17) is 5.73 Å². The third-order valence-corrected chi connectivity index (χ3v) is 5.23. The number of nitrogens with two attached hydrogens (primary N) is 1. The van der Waals surface area contributed by atoms with Gasteiger partial charge in [-0.1, -0.05) is 96.8 Å². The van der Waals surface area contributed by atoms with E-state index in [2.05, 4.69) is 11.8 Å². The first-order valence-electron chi connectivity index (χ1n) is 11.0. The lowest BCUT2D eigenvalue weighted by Gasteiger charge is -2.16. The number of nitrogens with zero attached hydrogens (tertiary/aromatic N) is 1. The van der Waals surface area contributed by atoms with E-state index in [-0.39, 0.29) is 11.8 Å². The van der Waals surface area contributed by atoms with Crippen molar-refractivity contribution in [2.24, 2.45) is 11.7 Å². The first kappa shape index (κ1) is 24.4. The molecule has 0 aliphatic heterocycles. The fourth-order valence-corrected chi connectivity index (χ4v) is 3.43. The van der Waals surface area contributed by atoms with Crippen LogP contribution in [0.15, 0.2) is 0 Å². The highest BCUT2D eigenvalue weighted by molar-refractivity contribution is 5.76. The molecular formula is C22H46N2O. The monoisotopic (exact) mass is 354 g/mol. The summed E-state index contributed by atoms with van der Waals surface area (Å²) in [5, 5.41) is 0. The maximum Gasteiger partial charge on any atom is 0.220 e. The van der Waals surface area contributed by atoms with Gasteiger partial charge in [0.15, 0.2) is 0 Å². The summed E-state index contributed by atoms with van der Waals surface area (Å²) in [5.74, 6) is -0.0451. The van der Waals surface area contributed by atoms with Gasteiger partial charge in [0.05, 0.1) is 0 Å². The smallest absolute Gasteiger partial charge is 0.220 e. The molecule has 1 atom stereocenters. The molecule has 0 bridgehead atoms. The topological polar surface area (TPSA) is 46.3 Å². The number of unbranched alkanes of at least 4 members (excludes halogenated alkanes) is 13. The zero-order valence-corrected chi connectivity index (χ0v) is 17.5. The van der Waals surface area contributed by atoms with Crippen LogP contribution in [-0.4, -0.2) is 31.4 Å². The first-order chi connectivity index (χ1) is 12.1. The van der Waals surface area contributed by atoms with Crippen LogP contribution in [0.2, 0.25) is 0 Å². The Kier molecular flexibility index (Phi) is 17.8. The zero-order valence-electron chi connectivity index (χ0n) is 17.5. The van der Waals surface area contributed by atoms with Gasteiger partial charge in [0, 0.05) is 5.92 Å². The van der Waals surface area contributed by atoms with Crippen LogP contribution in [0.4, 0.5) is 0 Å². The van der Waals surface area contributed by atoms with Crippen molar-refractivity contribution in [1.82, 2.24) is 4.90 Å². The predicted octanol–water partition coefficient (Wildman–Crippen LogP) is 5.91. The molecule has 0 radical (unpaired) electrons. The summed E-state index contributed by atoms with van der Waals surface area (Å²) in [7, 11) is 4.09. The van der Waals surface area contributed by atoms with Crippen LogP contribution in [0.25, 0.3) is 0 Å². The molecule has 1 amide bonds. The van der Waals surface area contributed by atoms with Crippen LogP contribution in [0, 0.1) is 5.92 Å². The number of hydrogen-bond donors (Lipinski definition) is 1. The van der Waals surface area contributed by atoms with Crippen molar-refractivity contribution in [3.63, 3.8) is 0 Å². The molecule has 0 aromatic carbocycles. The third-order valence-electron chi connectivity index (χ3n) is 5.23. The molecule has 0 aliphatic rings. The van der Waals surface area contributed by atoms with Crippen molar-refractivity contribution in [2.45, 2.75) is 110 Å². The quantitative estimate of drug-likeness (QED) is 0.293. The molecule has 25 heavy (non-hydrogen) atoms. The zero-order chi connectivity index (χ0) is 18.8. The number of hydrogen-bond acceptors (Lipinski definition) is 2. The fourth-order valence-electron chi connectivity index (χ4n) is 3.43. The molecule has 0 aromatic rings. The second kappa shape index (κ2) is 18.2. The molecule has 3 nitrogen and oxygen atoms in total. The average Bonchev–Trinajstić information content (AvgIpc) is 2.57. The van der Waals surface area contributed by atoms with Gasteiger partial charge in [-0.3, -0.25) is 4.79 Å². The SMILES string of the molecule is CCCCCCCCCCCCCCCCC(CCN(C)C)C(N)=O. The molecular weight excluding hydrogens is 308 g/mol. The summed E-state index contributed by atoms with van der Waals surface area (Å²) >= 11 is 0. The summed E-state index contributed by atoms with van der Waals surface area (Å²) in [6.45, 7) is 3.23. The minimum absolute atomic E-state index is 0.0692. The number of amides is 1. The Morgan fingerprint density at radius 3 is 1.48 bits per heavy atom. The lowest BCUT2D eigenvalue weighted by atomic mass is 9.96. The summed E-state index contributed by atoms with van der Waals surface area (Å²) in [6, 6.07) is 0. The summed E-state index contributed by atoms with van der Waals surface area (Å²) in [4.78, 5) is 13.6. The van der Waals surface area contributed by atoms with Crippen molar-refractivity contribution in [1.29, 1.82) is 0 Å². The fraction of sp³-hybridized carbons (Fsp3) is 0.955. The Hall–Kier alpha value is -0.570. The second-order valence-electron chi connectivity index (χ2n) is 8.08. The maximum absolute atomic E-state index is 11.5. The maximum atomic E-state index is 11.5. The van der Waals surface area contributed by atoms with Gasteiger partial charge >= 0.3 is 0 Å². The van der Waals surface area contributed by atoms with Gasteiger partial charge in [-0.25, -0.2) is 0 Å². The molecule has 0 rings (SSSR count). The molecule has 150 valence electrons. The van der Waals surface area contributed by atoms with Crippen LogP contribution < -0.4 is 5.73 Å². The molecule has 0 saturated heterocycles. The van der Waals surface area contributed by atoms with Crippen LogP contribution >= 0.6 is 0 Å². The summed E-state index contributed by atoms with van der Waals surface area (Å²) < 4.78 is 0. The number of primary amides is 1. The molecule has 0 heterocycles. The van der Waals surface area contributed by atoms with Gasteiger partial charge in [-0.05, 0) is 33.5 Å². The van der Waals surface area contributed by atoms with Gasteiger partial charge in [0.2, 0.25) is 5.91 Å². The number of rotatable bonds is 19. The van der Waals surface area contributed by atoms with Crippen molar-refractivity contribution in [2.75, 3.05) is 20.6 Å². The molecule has 0 saturated carbocycles. The largest absolute Gasteiger partial charge is 0.369 e. The Balaban J connectivity index is 3.33. The normalized spacial score (nSPS) is 12.6. The summed E-state index contributed by atoms with van der Waals surface area (Å²) in [6.07, 6.45) is 21.1. The second-order valence-corrected chi connectivity index (χ2v) is 8.08. The lowest BCUT2D eigenvalue weighted by molar-refractivity contribution is -0.122. The Bertz CT molecular complexity index is 292. The minimum atomic E-state index is -0.114. The summed E-state index contributed by atoms with van der Waals surface area (Å²) in [5.41, 5.74) is 5.52. The van der Waals surface area contributed by atoms with E-state index < -0.39 is 0 Å². The lowest BCUT2D eigenvalue weighted by Crippen LogP contribution is -2.27. The highest BCUT2D eigenvalue weighted by atomic mass is 16.1. The van der Waals surface area contributed by atoms with Gasteiger partial charge in [-0.15, -0.1) is 0 Å². The van der Waals surface area contributed by atoms with E-state index in [1.54, 1.807) is 0 Å². The van der Waals surface area contributed by atoms with Gasteiger partial charge in [0.1, 0.15) is 0 Å². The van der Waals surface area contributed by atoms with Crippen LogP contribution in [-0.2, 0) is 4.79 Å². The van der Waals surface area contributed by atoms with E-state index >= 15 is 0 Å². The van der Waals surface area contributed by atoms with Gasteiger partial charge in [0.25, 0.3) is 0 Å². The van der Waals surface area contributed by atoms with E-state index in [0.29, 0.717) is 0 Å². The predicted molar refractivity (Wildman–Crippen MR) is 111 cm³/mol. The Morgan fingerprint density at radius 2 is 1.12 bits per heavy atom. The highest BCUT2D eigenvalue weighted by Gasteiger charge is 2.14. The first-order valence-corrected chi connectivity index (χ1v) is 11.0. The van der Waals surface area contributed by atoms with Crippen molar-refractivity contribution < 1.29 is 4.79 Å². The van der Waals surface area contributed by atoms with Crippen LogP contribution in [0.1, 0.15) is 110 Å². The van der Waals surface area contributed by atoms with E-state index in [1.807, 2.05) is 14.1 Å². The van der Waals surface area contributed by atoms with E-state index in [9.17, 15) is 4.79 Å². The molecule has 0 aliphatic carbocycles. The molecule has 2 N–H and O–H groups in total. The van der Waals surface area contributed by atoms with Crippen molar-refractivity contribution >= 4 is 5.91 Å². The highest BCUT2D eigenvalue weighted by Crippen LogP contribution is 2.16. The van der Waals surface area contributed by atoms with Crippen molar-refractivity contribution in [3.05, 3.63) is 0 Å². The Labute approximate surface area is 158 Å². The van der Waals surface area contributed by atoms with E-state index in [1.165, 1.54) is 83.5 Å².